The summed E-state index contributed by atoms with van der Waals surface area (Å²) in [6.07, 6.45) is 11.4. The first kappa shape index (κ1) is 11.2. The largest absolute Gasteiger partial charge is 0.0999 e. The lowest BCUT2D eigenvalue weighted by atomic mass is 9.66. The molecule has 0 bridgehead atoms. The van der Waals surface area contributed by atoms with Crippen LogP contribution in [0.25, 0.3) is 0 Å². The first-order chi connectivity index (χ1) is 7.07. The van der Waals surface area contributed by atoms with Crippen LogP contribution in [0, 0.1) is 17.3 Å². The van der Waals surface area contributed by atoms with Gasteiger partial charge in [0.05, 0.1) is 0 Å². The molecule has 0 heteroatoms. The van der Waals surface area contributed by atoms with Crippen molar-refractivity contribution in [2.45, 2.75) is 65.2 Å². The normalized spacial score (nSPS) is 29.3. The summed E-state index contributed by atoms with van der Waals surface area (Å²) in [5.41, 5.74) is 2.14. The summed E-state index contributed by atoms with van der Waals surface area (Å²) in [7, 11) is 0. The molecule has 2 fully saturated rings. The molecule has 2 aliphatic carbocycles. The van der Waals surface area contributed by atoms with Gasteiger partial charge in [0.15, 0.2) is 0 Å². The highest BCUT2D eigenvalue weighted by atomic mass is 14.4. The maximum Gasteiger partial charge on any atom is -0.0320 e. The van der Waals surface area contributed by atoms with Crippen molar-refractivity contribution in [1.29, 1.82) is 0 Å². The minimum absolute atomic E-state index is 0.634. The Labute approximate surface area is 95.1 Å². The van der Waals surface area contributed by atoms with Crippen molar-refractivity contribution >= 4 is 0 Å². The molecule has 0 atom stereocenters. The molecule has 0 aliphatic heterocycles. The molecule has 2 rings (SSSR count). The second kappa shape index (κ2) is 4.31. The number of allylic oxidation sites excluding steroid dienone is 1. The third-order valence-corrected chi connectivity index (χ3v) is 4.79. The van der Waals surface area contributed by atoms with Crippen LogP contribution in [-0.2, 0) is 0 Å². The summed E-state index contributed by atoms with van der Waals surface area (Å²) in [4.78, 5) is 0. The van der Waals surface area contributed by atoms with Crippen molar-refractivity contribution in [2.75, 3.05) is 0 Å². The molecule has 0 spiro atoms. The topological polar surface area (TPSA) is 0 Å². The van der Waals surface area contributed by atoms with Crippen LogP contribution < -0.4 is 0 Å². The van der Waals surface area contributed by atoms with Gasteiger partial charge in [0.1, 0.15) is 0 Å². The standard InChI is InChI=1S/C15H26/c1-12-4-6-13(7-5-12)14-8-10-15(2,3)11-9-14/h13-14H,1,4-11H2,2-3H3. The molecule has 2 aliphatic rings. The molecule has 0 heterocycles. The van der Waals surface area contributed by atoms with Crippen LogP contribution in [0.15, 0.2) is 12.2 Å². The van der Waals surface area contributed by atoms with Gasteiger partial charge in [-0.1, -0.05) is 26.0 Å². The molecular formula is C15H26. The van der Waals surface area contributed by atoms with E-state index in [-0.39, 0.29) is 0 Å². The van der Waals surface area contributed by atoms with E-state index in [4.69, 9.17) is 0 Å². The molecular weight excluding hydrogens is 180 g/mol. The zero-order valence-corrected chi connectivity index (χ0v) is 10.5. The van der Waals surface area contributed by atoms with E-state index < -0.39 is 0 Å². The van der Waals surface area contributed by atoms with Crippen molar-refractivity contribution in [2.24, 2.45) is 17.3 Å². The van der Waals surface area contributed by atoms with Gasteiger partial charge in [0, 0.05) is 0 Å². The molecule has 0 N–H and O–H groups in total. The molecule has 0 aromatic heterocycles. The van der Waals surface area contributed by atoms with Gasteiger partial charge in [-0.15, -0.1) is 0 Å². The molecule has 0 unspecified atom stereocenters. The average Bonchev–Trinajstić information content (AvgIpc) is 2.20. The van der Waals surface area contributed by atoms with E-state index in [9.17, 15) is 0 Å². The maximum absolute atomic E-state index is 4.12. The van der Waals surface area contributed by atoms with Crippen LogP contribution in [-0.4, -0.2) is 0 Å². The van der Waals surface area contributed by atoms with E-state index in [1.54, 1.807) is 0 Å². The first-order valence-electron chi connectivity index (χ1n) is 6.73. The Bertz CT molecular complexity index is 216. The fourth-order valence-corrected chi connectivity index (χ4v) is 3.41. The maximum atomic E-state index is 4.12. The van der Waals surface area contributed by atoms with E-state index in [1.807, 2.05) is 0 Å². The summed E-state index contributed by atoms with van der Waals surface area (Å²) in [6, 6.07) is 0. The summed E-state index contributed by atoms with van der Waals surface area (Å²) < 4.78 is 0. The Hall–Kier alpha value is -0.260. The van der Waals surface area contributed by atoms with Crippen LogP contribution in [0.2, 0.25) is 0 Å². The predicted octanol–water partition coefficient (Wildman–Crippen LogP) is 4.95. The Morgan fingerprint density at radius 3 is 1.93 bits per heavy atom. The quantitative estimate of drug-likeness (QED) is 0.532. The molecule has 0 saturated heterocycles. The van der Waals surface area contributed by atoms with Crippen LogP contribution in [0.1, 0.15) is 65.2 Å². The van der Waals surface area contributed by atoms with Crippen LogP contribution in [0.4, 0.5) is 0 Å². The van der Waals surface area contributed by atoms with Crippen LogP contribution in [0.3, 0.4) is 0 Å². The van der Waals surface area contributed by atoms with Gasteiger partial charge in [-0.2, -0.15) is 0 Å². The number of hydrogen-bond acceptors (Lipinski definition) is 0. The van der Waals surface area contributed by atoms with E-state index in [0.717, 1.165) is 11.8 Å². The van der Waals surface area contributed by atoms with Gasteiger partial charge < -0.3 is 0 Å². The summed E-state index contributed by atoms with van der Waals surface area (Å²) >= 11 is 0. The highest BCUT2D eigenvalue weighted by Crippen LogP contribution is 2.44. The van der Waals surface area contributed by atoms with Crippen molar-refractivity contribution in [3.05, 3.63) is 12.2 Å². The average molecular weight is 206 g/mol. The van der Waals surface area contributed by atoms with Crippen molar-refractivity contribution < 1.29 is 0 Å². The van der Waals surface area contributed by atoms with Gasteiger partial charge in [-0.05, 0) is 68.6 Å². The van der Waals surface area contributed by atoms with Crippen LogP contribution in [0.5, 0.6) is 0 Å². The SMILES string of the molecule is C=C1CCC(C2CCC(C)(C)CC2)CC1. The first-order valence-corrected chi connectivity index (χ1v) is 6.73. The minimum atomic E-state index is 0.634. The molecule has 0 aromatic carbocycles. The molecule has 86 valence electrons. The lowest BCUT2D eigenvalue weighted by Gasteiger charge is -2.39. The summed E-state index contributed by atoms with van der Waals surface area (Å²) in [5, 5.41) is 0. The summed E-state index contributed by atoms with van der Waals surface area (Å²) in [5.74, 6) is 2.08. The lowest BCUT2D eigenvalue weighted by Crippen LogP contribution is -2.27. The smallest absolute Gasteiger partial charge is 0.0320 e. The number of hydrogen-bond donors (Lipinski definition) is 0. The summed E-state index contributed by atoms with van der Waals surface area (Å²) in [6.45, 7) is 8.99. The van der Waals surface area contributed by atoms with Crippen molar-refractivity contribution in [1.82, 2.24) is 0 Å². The third-order valence-electron chi connectivity index (χ3n) is 4.79. The van der Waals surface area contributed by atoms with Crippen molar-refractivity contribution in [3.63, 3.8) is 0 Å². The van der Waals surface area contributed by atoms with Gasteiger partial charge in [0.2, 0.25) is 0 Å². The van der Waals surface area contributed by atoms with E-state index in [2.05, 4.69) is 20.4 Å². The molecule has 0 amide bonds. The fraction of sp³-hybridized carbons (Fsp3) is 0.867. The highest BCUT2D eigenvalue weighted by molar-refractivity contribution is 4.99. The molecule has 2 saturated carbocycles. The predicted molar refractivity (Wildman–Crippen MR) is 66.8 cm³/mol. The van der Waals surface area contributed by atoms with E-state index in [1.165, 1.54) is 56.9 Å². The molecule has 0 radical (unpaired) electrons. The van der Waals surface area contributed by atoms with Crippen LogP contribution >= 0.6 is 0 Å². The Balaban J connectivity index is 1.83. The second-order valence-electron chi connectivity index (χ2n) is 6.59. The zero-order valence-electron chi connectivity index (χ0n) is 10.5. The monoisotopic (exact) mass is 206 g/mol. The van der Waals surface area contributed by atoms with Gasteiger partial charge in [-0.25, -0.2) is 0 Å². The Morgan fingerprint density at radius 2 is 1.40 bits per heavy atom. The third kappa shape index (κ3) is 2.86. The highest BCUT2D eigenvalue weighted by Gasteiger charge is 2.32. The van der Waals surface area contributed by atoms with Crippen molar-refractivity contribution in [3.8, 4) is 0 Å². The Kier molecular flexibility index (Phi) is 3.23. The fourth-order valence-electron chi connectivity index (χ4n) is 3.41. The second-order valence-corrected chi connectivity index (χ2v) is 6.59. The van der Waals surface area contributed by atoms with E-state index >= 15 is 0 Å². The van der Waals surface area contributed by atoms with Gasteiger partial charge in [-0.3, -0.25) is 0 Å². The van der Waals surface area contributed by atoms with Gasteiger partial charge >= 0.3 is 0 Å². The lowest BCUT2D eigenvalue weighted by molar-refractivity contribution is 0.134. The number of rotatable bonds is 1. The van der Waals surface area contributed by atoms with Gasteiger partial charge in [0.25, 0.3) is 0 Å². The minimum Gasteiger partial charge on any atom is -0.0999 e. The zero-order chi connectivity index (χ0) is 10.9. The Morgan fingerprint density at radius 1 is 0.933 bits per heavy atom. The molecule has 15 heavy (non-hydrogen) atoms. The van der Waals surface area contributed by atoms with E-state index in [0.29, 0.717) is 5.41 Å². The molecule has 0 nitrogen and oxygen atoms in total. The molecule has 0 aromatic rings.